The zero-order valence-electron chi connectivity index (χ0n) is 19.9. The summed E-state index contributed by atoms with van der Waals surface area (Å²) in [5.74, 6) is 2.19. The number of thiazole rings is 1. The first-order valence-corrected chi connectivity index (χ1v) is 11.8. The van der Waals surface area contributed by atoms with Crippen LogP contribution in [0.3, 0.4) is 0 Å². The summed E-state index contributed by atoms with van der Waals surface area (Å²) in [4.78, 5) is 22.1. The molecule has 2 heterocycles. The maximum atomic E-state index is 13.1. The highest BCUT2D eigenvalue weighted by molar-refractivity contribution is 7.09. The summed E-state index contributed by atoms with van der Waals surface area (Å²) >= 11 is 1.65. The largest absolute Gasteiger partial charge is 0.497 e. The Kier molecular flexibility index (Phi) is 7.54. The molecule has 0 saturated carbocycles. The Morgan fingerprint density at radius 2 is 1.65 bits per heavy atom. The van der Waals surface area contributed by atoms with Crippen LogP contribution in [0.4, 0.5) is 0 Å². The Labute approximate surface area is 203 Å². The summed E-state index contributed by atoms with van der Waals surface area (Å²) in [7, 11) is 6.30. The van der Waals surface area contributed by atoms with Crippen LogP contribution in [-0.2, 0) is 6.54 Å². The molecule has 1 aliphatic rings. The second kappa shape index (κ2) is 10.8. The normalized spacial score (nSPS) is 14.1. The van der Waals surface area contributed by atoms with Gasteiger partial charge in [0.25, 0.3) is 5.91 Å². The van der Waals surface area contributed by atoms with Crippen LogP contribution < -0.4 is 18.9 Å². The van der Waals surface area contributed by atoms with Gasteiger partial charge in [-0.1, -0.05) is 12.1 Å². The van der Waals surface area contributed by atoms with E-state index in [2.05, 4.69) is 10.3 Å². The standard InChI is InChI=1S/C25H29N3O5S/c1-30-19-7-5-6-17(12-19)20-16-34-23(26-20)15-27-8-10-28(11-9-27)25(29)18-13-21(31-2)24(33-4)22(14-18)32-3/h5-7,12-14,16H,8-11,15H2,1-4H3. The first-order valence-electron chi connectivity index (χ1n) is 11.0. The minimum Gasteiger partial charge on any atom is -0.497 e. The van der Waals surface area contributed by atoms with E-state index in [1.807, 2.05) is 29.2 Å². The van der Waals surface area contributed by atoms with Crippen LogP contribution in [0.2, 0.25) is 0 Å². The Balaban J connectivity index is 1.37. The molecule has 1 aromatic heterocycles. The molecule has 1 aliphatic heterocycles. The quantitative estimate of drug-likeness (QED) is 0.483. The van der Waals surface area contributed by atoms with Crippen molar-refractivity contribution in [2.24, 2.45) is 0 Å². The summed E-state index contributed by atoms with van der Waals surface area (Å²) in [6.45, 7) is 3.61. The maximum absolute atomic E-state index is 13.1. The van der Waals surface area contributed by atoms with Gasteiger partial charge in [0.1, 0.15) is 10.8 Å². The van der Waals surface area contributed by atoms with Crippen LogP contribution in [0, 0.1) is 0 Å². The van der Waals surface area contributed by atoms with Crippen molar-refractivity contribution in [3.63, 3.8) is 0 Å². The van der Waals surface area contributed by atoms with Crippen LogP contribution in [0.25, 0.3) is 11.3 Å². The molecule has 0 unspecified atom stereocenters. The van der Waals surface area contributed by atoms with E-state index in [0.717, 1.165) is 41.6 Å². The average Bonchev–Trinajstić information content (AvgIpc) is 3.36. The van der Waals surface area contributed by atoms with Gasteiger partial charge in [-0.2, -0.15) is 0 Å². The molecule has 0 radical (unpaired) electrons. The van der Waals surface area contributed by atoms with E-state index in [-0.39, 0.29) is 5.91 Å². The molecule has 1 fully saturated rings. The number of carbonyl (C=O) groups excluding carboxylic acids is 1. The highest BCUT2D eigenvalue weighted by Crippen LogP contribution is 2.38. The summed E-state index contributed by atoms with van der Waals surface area (Å²) in [5.41, 5.74) is 2.52. The van der Waals surface area contributed by atoms with E-state index in [0.29, 0.717) is 35.9 Å². The molecule has 1 amide bonds. The van der Waals surface area contributed by atoms with Gasteiger partial charge >= 0.3 is 0 Å². The van der Waals surface area contributed by atoms with Crippen molar-refractivity contribution >= 4 is 17.2 Å². The van der Waals surface area contributed by atoms with Crippen molar-refractivity contribution in [2.75, 3.05) is 54.6 Å². The number of ether oxygens (including phenoxy) is 4. The van der Waals surface area contributed by atoms with Crippen molar-refractivity contribution in [1.29, 1.82) is 0 Å². The monoisotopic (exact) mass is 483 g/mol. The Hall–Kier alpha value is -3.30. The lowest BCUT2D eigenvalue weighted by Gasteiger charge is -2.34. The van der Waals surface area contributed by atoms with E-state index in [1.54, 1.807) is 51.9 Å². The molecule has 2 aromatic carbocycles. The van der Waals surface area contributed by atoms with Gasteiger partial charge in [0.05, 0.1) is 40.7 Å². The lowest BCUT2D eigenvalue weighted by molar-refractivity contribution is 0.0627. The SMILES string of the molecule is COc1cccc(-c2csc(CN3CCN(C(=O)c4cc(OC)c(OC)c(OC)c4)CC3)n2)c1. The second-order valence-corrected chi connectivity index (χ2v) is 8.78. The molecular formula is C25H29N3O5S. The lowest BCUT2D eigenvalue weighted by atomic mass is 10.1. The van der Waals surface area contributed by atoms with Crippen molar-refractivity contribution in [3.8, 4) is 34.3 Å². The molecule has 9 heteroatoms. The summed E-state index contributed by atoms with van der Waals surface area (Å²) in [6, 6.07) is 11.3. The number of aromatic nitrogens is 1. The number of carbonyl (C=O) groups is 1. The number of rotatable bonds is 8. The van der Waals surface area contributed by atoms with Crippen LogP contribution in [-0.4, -0.2) is 75.3 Å². The molecule has 0 N–H and O–H groups in total. The molecule has 1 saturated heterocycles. The third kappa shape index (κ3) is 5.10. The van der Waals surface area contributed by atoms with Gasteiger partial charge in [-0.25, -0.2) is 4.98 Å². The van der Waals surface area contributed by atoms with Gasteiger partial charge < -0.3 is 23.8 Å². The number of benzene rings is 2. The highest BCUT2D eigenvalue weighted by Gasteiger charge is 2.25. The number of hydrogen-bond donors (Lipinski definition) is 0. The summed E-state index contributed by atoms with van der Waals surface area (Å²) < 4.78 is 21.5. The molecule has 0 aliphatic carbocycles. The van der Waals surface area contributed by atoms with E-state index < -0.39 is 0 Å². The van der Waals surface area contributed by atoms with Crippen molar-refractivity contribution in [1.82, 2.24) is 14.8 Å². The zero-order valence-corrected chi connectivity index (χ0v) is 20.7. The number of piperazine rings is 1. The number of methoxy groups -OCH3 is 4. The molecule has 0 atom stereocenters. The highest BCUT2D eigenvalue weighted by atomic mass is 32.1. The van der Waals surface area contributed by atoms with Crippen molar-refractivity contribution in [2.45, 2.75) is 6.54 Å². The molecule has 0 spiro atoms. The van der Waals surface area contributed by atoms with Crippen LogP contribution in [0.1, 0.15) is 15.4 Å². The fourth-order valence-corrected chi connectivity index (χ4v) is 4.83. The number of amides is 1. The number of hydrogen-bond acceptors (Lipinski definition) is 8. The second-order valence-electron chi connectivity index (χ2n) is 7.84. The summed E-state index contributed by atoms with van der Waals surface area (Å²) in [5, 5.41) is 3.14. The molecule has 180 valence electrons. The van der Waals surface area contributed by atoms with Crippen LogP contribution in [0.5, 0.6) is 23.0 Å². The molecular weight excluding hydrogens is 454 g/mol. The Bertz CT molecular complexity index is 1120. The van der Waals surface area contributed by atoms with E-state index in [4.69, 9.17) is 23.9 Å². The fraction of sp³-hybridized carbons (Fsp3) is 0.360. The predicted molar refractivity (Wildman–Crippen MR) is 131 cm³/mol. The maximum Gasteiger partial charge on any atom is 0.254 e. The third-order valence-electron chi connectivity index (χ3n) is 5.85. The van der Waals surface area contributed by atoms with Gasteiger partial charge in [0.15, 0.2) is 11.5 Å². The first kappa shape index (κ1) is 23.8. The minimum absolute atomic E-state index is 0.0477. The van der Waals surface area contributed by atoms with Crippen molar-refractivity contribution < 1.29 is 23.7 Å². The predicted octanol–water partition coefficient (Wildman–Crippen LogP) is 3.80. The third-order valence-corrected chi connectivity index (χ3v) is 6.68. The summed E-state index contributed by atoms with van der Waals surface area (Å²) in [6.07, 6.45) is 0. The molecule has 4 rings (SSSR count). The Morgan fingerprint density at radius 3 is 2.26 bits per heavy atom. The van der Waals surface area contributed by atoms with Gasteiger partial charge in [-0.05, 0) is 24.3 Å². The van der Waals surface area contributed by atoms with E-state index >= 15 is 0 Å². The lowest BCUT2D eigenvalue weighted by Crippen LogP contribution is -2.48. The van der Waals surface area contributed by atoms with Gasteiger partial charge in [-0.3, -0.25) is 9.69 Å². The average molecular weight is 484 g/mol. The molecule has 8 nitrogen and oxygen atoms in total. The van der Waals surface area contributed by atoms with E-state index in [9.17, 15) is 4.79 Å². The molecule has 34 heavy (non-hydrogen) atoms. The fourth-order valence-electron chi connectivity index (χ4n) is 3.99. The van der Waals surface area contributed by atoms with Gasteiger partial charge in [-0.15, -0.1) is 11.3 Å². The van der Waals surface area contributed by atoms with Gasteiger partial charge in [0.2, 0.25) is 5.75 Å². The van der Waals surface area contributed by atoms with Gasteiger partial charge in [0, 0.05) is 42.7 Å². The zero-order chi connectivity index (χ0) is 24.1. The topological polar surface area (TPSA) is 73.4 Å². The van der Waals surface area contributed by atoms with Crippen molar-refractivity contribution in [3.05, 3.63) is 52.3 Å². The smallest absolute Gasteiger partial charge is 0.254 e. The molecule has 3 aromatic rings. The van der Waals surface area contributed by atoms with Crippen LogP contribution >= 0.6 is 11.3 Å². The first-order chi connectivity index (χ1) is 16.6. The minimum atomic E-state index is -0.0477. The molecule has 0 bridgehead atoms. The van der Waals surface area contributed by atoms with Crippen LogP contribution in [0.15, 0.2) is 41.8 Å². The number of nitrogens with zero attached hydrogens (tertiary/aromatic N) is 3. The Morgan fingerprint density at radius 1 is 0.941 bits per heavy atom. The van der Waals surface area contributed by atoms with E-state index in [1.165, 1.54) is 0 Å².